The molecule has 1 aromatic heterocycles. The lowest BCUT2D eigenvalue weighted by Gasteiger charge is -2.19. The highest BCUT2D eigenvalue weighted by Gasteiger charge is 2.24. The first kappa shape index (κ1) is 19.5. The normalized spacial score (nSPS) is 17.2. The number of hydrogen-bond acceptors (Lipinski definition) is 7. The third kappa shape index (κ3) is 5.15. The summed E-state index contributed by atoms with van der Waals surface area (Å²) in [4.78, 5) is 32.6. The van der Waals surface area contributed by atoms with Crippen molar-refractivity contribution in [3.8, 4) is 0 Å². The van der Waals surface area contributed by atoms with Gasteiger partial charge in [-0.15, -0.1) is 0 Å². The van der Waals surface area contributed by atoms with Crippen LogP contribution in [0.1, 0.15) is 26.0 Å². The Hall–Kier alpha value is -3.23. The van der Waals surface area contributed by atoms with Crippen molar-refractivity contribution in [2.45, 2.75) is 38.8 Å². The SMILES string of the molecule is CC(=O)NC1CCN(c2cc(CC(C)Nc3cccc([N+](=O)[O-])c3)ncn2)C1. The molecule has 2 aromatic rings. The van der Waals surface area contributed by atoms with Crippen LogP contribution in [-0.2, 0) is 11.2 Å². The van der Waals surface area contributed by atoms with Crippen LogP contribution in [-0.4, -0.2) is 46.0 Å². The molecule has 0 saturated carbocycles. The number of benzene rings is 1. The average molecular weight is 384 g/mol. The van der Waals surface area contributed by atoms with Crippen LogP contribution in [0.4, 0.5) is 17.2 Å². The Labute approximate surface area is 163 Å². The molecule has 3 rings (SSSR count). The zero-order chi connectivity index (χ0) is 20.1. The summed E-state index contributed by atoms with van der Waals surface area (Å²) in [5.74, 6) is 0.830. The fourth-order valence-electron chi connectivity index (χ4n) is 3.40. The van der Waals surface area contributed by atoms with Crippen LogP contribution in [0.15, 0.2) is 36.7 Å². The topological polar surface area (TPSA) is 113 Å². The summed E-state index contributed by atoms with van der Waals surface area (Å²) >= 11 is 0. The zero-order valence-electron chi connectivity index (χ0n) is 16.0. The minimum atomic E-state index is -0.406. The van der Waals surface area contributed by atoms with Gasteiger partial charge in [0.15, 0.2) is 0 Å². The molecule has 0 aliphatic carbocycles. The second-order valence-corrected chi connectivity index (χ2v) is 7.06. The molecule has 148 valence electrons. The summed E-state index contributed by atoms with van der Waals surface area (Å²) in [6.07, 6.45) is 3.10. The molecule has 1 fully saturated rings. The first-order valence-electron chi connectivity index (χ1n) is 9.24. The van der Waals surface area contributed by atoms with Crippen molar-refractivity contribution >= 4 is 23.1 Å². The molecule has 1 aromatic carbocycles. The maximum atomic E-state index is 11.2. The van der Waals surface area contributed by atoms with Crippen LogP contribution in [0.25, 0.3) is 0 Å². The van der Waals surface area contributed by atoms with E-state index in [1.54, 1.807) is 18.5 Å². The molecule has 1 saturated heterocycles. The Balaban J connectivity index is 1.60. The Morgan fingerprint density at radius 3 is 2.96 bits per heavy atom. The van der Waals surface area contributed by atoms with Gasteiger partial charge in [0.1, 0.15) is 12.1 Å². The van der Waals surface area contributed by atoms with Gasteiger partial charge in [0.05, 0.1) is 4.92 Å². The summed E-state index contributed by atoms with van der Waals surface area (Å²) < 4.78 is 0. The van der Waals surface area contributed by atoms with E-state index in [2.05, 4.69) is 25.5 Å². The van der Waals surface area contributed by atoms with Gasteiger partial charge in [-0.25, -0.2) is 9.97 Å². The van der Waals surface area contributed by atoms with Gasteiger partial charge in [-0.1, -0.05) is 6.07 Å². The maximum absolute atomic E-state index is 11.2. The minimum Gasteiger partial charge on any atom is -0.382 e. The number of carbonyl (C=O) groups is 1. The lowest BCUT2D eigenvalue weighted by atomic mass is 10.1. The number of carbonyl (C=O) groups excluding carboxylic acids is 1. The van der Waals surface area contributed by atoms with E-state index in [0.717, 1.165) is 31.0 Å². The molecule has 1 aliphatic heterocycles. The molecule has 1 amide bonds. The molecule has 28 heavy (non-hydrogen) atoms. The Morgan fingerprint density at radius 2 is 2.21 bits per heavy atom. The quantitative estimate of drug-likeness (QED) is 0.555. The average Bonchev–Trinajstić information content (AvgIpc) is 3.10. The summed E-state index contributed by atoms with van der Waals surface area (Å²) in [6.45, 7) is 5.10. The van der Waals surface area contributed by atoms with Crippen LogP contribution in [0.2, 0.25) is 0 Å². The number of nitrogens with one attached hydrogen (secondary N) is 2. The van der Waals surface area contributed by atoms with Gasteiger partial charge in [0.2, 0.25) is 5.91 Å². The number of nitro groups is 1. The molecular weight excluding hydrogens is 360 g/mol. The molecule has 2 atom stereocenters. The summed E-state index contributed by atoms with van der Waals surface area (Å²) in [5, 5.41) is 17.1. The largest absolute Gasteiger partial charge is 0.382 e. The van der Waals surface area contributed by atoms with Crippen LogP contribution < -0.4 is 15.5 Å². The standard InChI is InChI=1S/C19H24N6O3/c1-13(22-15-4-3-5-18(9-15)25(27)28)8-17-10-19(21-12-20-17)24-7-6-16(11-24)23-14(2)26/h3-5,9-10,12-13,16,22H,6-8,11H2,1-2H3,(H,23,26). The third-order valence-electron chi connectivity index (χ3n) is 4.61. The van der Waals surface area contributed by atoms with Crippen molar-refractivity contribution in [2.75, 3.05) is 23.3 Å². The third-order valence-corrected chi connectivity index (χ3v) is 4.61. The fourth-order valence-corrected chi connectivity index (χ4v) is 3.40. The zero-order valence-corrected chi connectivity index (χ0v) is 16.0. The Bertz CT molecular complexity index is 859. The molecular formula is C19H24N6O3. The maximum Gasteiger partial charge on any atom is 0.271 e. The van der Waals surface area contributed by atoms with E-state index < -0.39 is 4.92 Å². The molecule has 0 bridgehead atoms. The Kier molecular flexibility index (Phi) is 6.03. The molecule has 2 heterocycles. The van der Waals surface area contributed by atoms with Crippen molar-refractivity contribution in [3.05, 3.63) is 52.5 Å². The van der Waals surface area contributed by atoms with Crippen molar-refractivity contribution in [1.82, 2.24) is 15.3 Å². The smallest absolute Gasteiger partial charge is 0.271 e. The fraction of sp³-hybridized carbons (Fsp3) is 0.421. The molecule has 0 spiro atoms. The number of nitro benzene ring substituents is 1. The van der Waals surface area contributed by atoms with E-state index >= 15 is 0 Å². The second-order valence-electron chi connectivity index (χ2n) is 7.06. The van der Waals surface area contributed by atoms with Gasteiger partial charge >= 0.3 is 0 Å². The molecule has 2 N–H and O–H groups in total. The number of rotatable bonds is 7. The van der Waals surface area contributed by atoms with E-state index in [0.29, 0.717) is 12.1 Å². The van der Waals surface area contributed by atoms with Crippen molar-refractivity contribution < 1.29 is 9.72 Å². The summed E-state index contributed by atoms with van der Waals surface area (Å²) in [6, 6.07) is 8.60. The van der Waals surface area contributed by atoms with Crippen LogP contribution in [0.5, 0.6) is 0 Å². The van der Waals surface area contributed by atoms with Crippen LogP contribution in [0.3, 0.4) is 0 Å². The van der Waals surface area contributed by atoms with E-state index in [1.165, 1.54) is 19.1 Å². The van der Waals surface area contributed by atoms with Crippen molar-refractivity contribution in [3.63, 3.8) is 0 Å². The van der Waals surface area contributed by atoms with Gasteiger partial charge in [-0.05, 0) is 19.4 Å². The van der Waals surface area contributed by atoms with E-state index in [1.807, 2.05) is 13.0 Å². The number of aromatic nitrogens is 2. The van der Waals surface area contributed by atoms with E-state index in [4.69, 9.17) is 0 Å². The van der Waals surface area contributed by atoms with Gasteiger partial charge in [0, 0.05) is 68.1 Å². The lowest BCUT2D eigenvalue weighted by molar-refractivity contribution is -0.384. The second kappa shape index (κ2) is 8.64. The predicted molar refractivity (Wildman–Crippen MR) is 106 cm³/mol. The summed E-state index contributed by atoms with van der Waals surface area (Å²) in [5.41, 5.74) is 1.65. The highest BCUT2D eigenvalue weighted by molar-refractivity contribution is 5.73. The first-order valence-corrected chi connectivity index (χ1v) is 9.24. The van der Waals surface area contributed by atoms with Gasteiger partial charge in [0.25, 0.3) is 5.69 Å². The van der Waals surface area contributed by atoms with Crippen LogP contribution in [0, 0.1) is 10.1 Å². The van der Waals surface area contributed by atoms with E-state index in [9.17, 15) is 14.9 Å². The molecule has 1 aliphatic rings. The van der Waals surface area contributed by atoms with E-state index in [-0.39, 0.29) is 23.7 Å². The van der Waals surface area contributed by atoms with Crippen molar-refractivity contribution in [2.24, 2.45) is 0 Å². The van der Waals surface area contributed by atoms with Crippen LogP contribution >= 0.6 is 0 Å². The monoisotopic (exact) mass is 384 g/mol. The van der Waals surface area contributed by atoms with Gasteiger partial charge in [-0.3, -0.25) is 14.9 Å². The number of amides is 1. The predicted octanol–water partition coefficient (Wildman–Crippen LogP) is 2.14. The molecule has 9 nitrogen and oxygen atoms in total. The molecule has 2 unspecified atom stereocenters. The molecule has 0 radical (unpaired) electrons. The van der Waals surface area contributed by atoms with Gasteiger partial charge in [-0.2, -0.15) is 0 Å². The number of nitrogens with zero attached hydrogens (tertiary/aromatic N) is 4. The minimum absolute atomic E-state index is 0.0173. The highest BCUT2D eigenvalue weighted by Crippen LogP contribution is 2.21. The number of non-ortho nitro benzene ring substituents is 1. The number of hydrogen-bond donors (Lipinski definition) is 2. The number of anilines is 2. The van der Waals surface area contributed by atoms with Crippen molar-refractivity contribution in [1.29, 1.82) is 0 Å². The first-order chi connectivity index (χ1) is 13.4. The Morgan fingerprint density at radius 1 is 1.39 bits per heavy atom. The molecule has 9 heteroatoms. The summed E-state index contributed by atoms with van der Waals surface area (Å²) in [7, 11) is 0. The highest BCUT2D eigenvalue weighted by atomic mass is 16.6. The van der Waals surface area contributed by atoms with Gasteiger partial charge < -0.3 is 15.5 Å². The lowest BCUT2D eigenvalue weighted by Crippen LogP contribution is -2.35.